The second kappa shape index (κ2) is 7.29. The van der Waals surface area contributed by atoms with E-state index in [2.05, 4.69) is 17.0 Å². The van der Waals surface area contributed by atoms with Gasteiger partial charge in [-0.1, -0.05) is 48.5 Å². The molecule has 1 aliphatic heterocycles. The third-order valence-corrected chi connectivity index (χ3v) is 4.76. The number of nitrogens with zero attached hydrogens (tertiary/aromatic N) is 2. The summed E-state index contributed by atoms with van der Waals surface area (Å²) in [6, 6.07) is 15.1. The number of carbonyl (C=O) groups is 1. The Kier molecular flexibility index (Phi) is 4.69. The molecular formula is C21H18ClN3O2. The Morgan fingerprint density at radius 2 is 2.11 bits per heavy atom. The maximum absolute atomic E-state index is 12.4. The number of ether oxygens (including phenoxy) is 1. The smallest absolute Gasteiger partial charge is 0.226 e. The van der Waals surface area contributed by atoms with E-state index in [0.717, 1.165) is 22.6 Å². The molecule has 5 nitrogen and oxygen atoms in total. The van der Waals surface area contributed by atoms with Crippen molar-refractivity contribution in [3.8, 4) is 11.4 Å². The fourth-order valence-corrected chi connectivity index (χ4v) is 3.53. The zero-order valence-corrected chi connectivity index (χ0v) is 15.3. The lowest BCUT2D eigenvalue weighted by atomic mass is 9.87. The van der Waals surface area contributed by atoms with Crippen LogP contribution in [0.5, 0.6) is 5.75 Å². The number of para-hydroxylation sites is 1. The largest absolute Gasteiger partial charge is 0.489 e. The number of rotatable bonds is 5. The number of amides is 1. The fourth-order valence-electron chi connectivity index (χ4n) is 3.35. The van der Waals surface area contributed by atoms with Gasteiger partial charge in [0, 0.05) is 28.5 Å². The van der Waals surface area contributed by atoms with Gasteiger partial charge in [-0.05, 0) is 24.3 Å². The average molecular weight is 380 g/mol. The van der Waals surface area contributed by atoms with E-state index in [1.807, 2.05) is 42.5 Å². The van der Waals surface area contributed by atoms with E-state index in [-0.39, 0.29) is 11.8 Å². The van der Waals surface area contributed by atoms with Crippen molar-refractivity contribution in [1.29, 1.82) is 0 Å². The highest BCUT2D eigenvalue weighted by Crippen LogP contribution is 2.41. The van der Waals surface area contributed by atoms with Gasteiger partial charge >= 0.3 is 0 Å². The molecule has 0 aliphatic carbocycles. The number of fused-ring (bicyclic) bond motifs is 1. The van der Waals surface area contributed by atoms with Gasteiger partial charge in [0.2, 0.25) is 5.91 Å². The lowest BCUT2D eigenvalue weighted by Gasteiger charge is -2.25. The van der Waals surface area contributed by atoms with Crippen LogP contribution in [0, 0.1) is 0 Å². The third kappa shape index (κ3) is 3.34. The van der Waals surface area contributed by atoms with Crippen LogP contribution in [-0.4, -0.2) is 22.3 Å². The number of halogens is 1. The van der Waals surface area contributed by atoms with Gasteiger partial charge in [0.1, 0.15) is 18.2 Å². The number of anilines is 1. The van der Waals surface area contributed by atoms with Crippen LogP contribution in [0.4, 0.5) is 5.82 Å². The summed E-state index contributed by atoms with van der Waals surface area (Å²) in [5, 5.41) is 8.06. The van der Waals surface area contributed by atoms with E-state index in [1.165, 1.54) is 0 Å². The lowest BCUT2D eigenvalue weighted by Crippen LogP contribution is -2.25. The monoisotopic (exact) mass is 379 g/mol. The van der Waals surface area contributed by atoms with Crippen molar-refractivity contribution in [3.05, 3.63) is 83.5 Å². The van der Waals surface area contributed by atoms with Crippen LogP contribution in [0.2, 0.25) is 5.02 Å². The Morgan fingerprint density at radius 3 is 2.93 bits per heavy atom. The summed E-state index contributed by atoms with van der Waals surface area (Å²) in [4.78, 5) is 12.4. The van der Waals surface area contributed by atoms with E-state index in [4.69, 9.17) is 16.3 Å². The van der Waals surface area contributed by atoms with Crippen molar-refractivity contribution in [3.63, 3.8) is 0 Å². The molecule has 0 bridgehead atoms. The van der Waals surface area contributed by atoms with Crippen LogP contribution >= 0.6 is 11.6 Å². The molecule has 3 aromatic rings. The van der Waals surface area contributed by atoms with Crippen LogP contribution < -0.4 is 10.1 Å². The molecule has 1 atom stereocenters. The zero-order chi connectivity index (χ0) is 18.8. The second-order valence-electron chi connectivity index (χ2n) is 6.28. The van der Waals surface area contributed by atoms with Gasteiger partial charge in [-0.2, -0.15) is 5.10 Å². The van der Waals surface area contributed by atoms with Gasteiger partial charge in [-0.15, -0.1) is 0 Å². The molecule has 1 amide bonds. The minimum Gasteiger partial charge on any atom is -0.489 e. The van der Waals surface area contributed by atoms with Crippen LogP contribution in [0.25, 0.3) is 5.69 Å². The first kappa shape index (κ1) is 17.4. The number of aromatic nitrogens is 2. The van der Waals surface area contributed by atoms with Gasteiger partial charge in [-0.25, -0.2) is 4.68 Å². The minimum absolute atomic E-state index is 0.0604. The summed E-state index contributed by atoms with van der Waals surface area (Å²) in [6.07, 6.45) is 3.83. The molecule has 2 aromatic carbocycles. The van der Waals surface area contributed by atoms with Gasteiger partial charge < -0.3 is 10.1 Å². The highest BCUT2D eigenvalue weighted by Gasteiger charge is 2.32. The molecule has 6 heteroatoms. The van der Waals surface area contributed by atoms with Crippen LogP contribution in [0.15, 0.2) is 67.4 Å². The maximum Gasteiger partial charge on any atom is 0.226 e. The molecule has 0 saturated heterocycles. The highest BCUT2D eigenvalue weighted by molar-refractivity contribution is 6.30. The second-order valence-corrected chi connectivity index (χ2v) is 6.72. The molecule has 136 valence electrons. The summed E-state index contributed by atoms with van der Waals surface area (Å²) < 4.78 is 7.51. The average Bonchev–Trinajstić information content (AvgIpc) is 3.09. The number of hydrogen-bond donors (Lipinski definition) is 1. The predicted octanol–water partition coefficient (Wildman–Crippen LogP) is 4.56. The molecule has 0 unspecified atom stereocenters. The zero-order valence-electron chi connectivity index (χ0n) is 14.6. The normalized spacial score (nSPS) is 15.7. The number of benzene rings is 2. The van der Waals surface area contributed by atoms with Crippen LogP contribution in [-0.2, 0) is 4.79 Å². The molecule has 27 heavy (non-hydrogen) atoms. The molecule has 4 rings (SSSR count). The Morgan fingerprint density at radius 1 is 1.26 bits per heavy atom. The molecule has 0 radical (unpaired) electrons. The van der Waals surface area contributed by atoms with Crippen LogP contribution in [0.3, 0.4) is 0 Å². The summed E-state index contributed by atoms with van der Waals surface area (Å²) in [6.45, 7) is 4.10. The maximum atomic E-state index is 12.4. The van der Waals surface area contributed by atoms with Gasteiger partial charge in [0.15, 0.2) is 0 Å². The SMILES string of the molecule is C=CCOc1ccccc1[C@@H]1CC(=O)Nc2c1cnn2-c1cccc(Cl)c1. The van der Waals surface area contributed by atoms with Crippen molar-refractivity contribution in [2.75, 3.05) is 11.9 Å². The minimum atomic E-state index is -0.136. The van der Waals surface area contributed by atoms with Crippen molar-refractivity contribution >= 4 is 23.3 Å². The Bertz CT molecular complexity index is 1010. The van der Waals surface area contributed by atoms with Crippen molar-refractivity contribution in [1.82, 2.24) is 9.78 Å². The topological polar surface area (TPSA) is 56.1 Å². The summed E-state index contributed by atoms with van der Waals surface area (Å²) >= 11 is 6.11. The molecule has 1 aromatic heterocycles. The lowest BCUT2D eigenvalue weighted by molar-refractivity contribution is -0.116. The van der Waals surface area contributed by atoms with Crippen molar-refractivity contribution in [2.45, 2.75) is 12.3 Å². The van der Waals surface area contributed by atoms with E-state index in [9.17, 15) is 4.79 Å². The number of hydrogen-bond acceptors (Lipinski definition) is 3. The van der Waals surface area contributed by atoms with Crippen molar-refractivity contribution in [2.24, 2.45) is 0 Å². The van der Waals surface area contributed by atoms with E-state index in [0.29, 0.717) is 23.9 Å². The van der Waals surface area contributed by atoms with Gasteiger partial charge in [0.25, 0.3) is 0 Å². The number of carbonyl (C=O) groups excluding carboxylic acids is 1. The predicted molar refractivity (Wildman–Crippen MR) is 106 cm³/mol. The van der Waals surface area contributed by atoms with Gasteiger partial charge in [-0.3, -0.25) is 4.79 Å². The number of nitrogens with one attached hydrogen (secondary N) is 1. The molecule has 0 saturated carbocycles. The summed E-state index contributed by atoms with van der Waals surface area (Å²) in [7, 11) is 0. The molecule has 2 heterocycles. The van der Waals surface area contributed by atoms with E-state index >= 15 is 0 Å². The molecular weight excluding hydrogens is 362 g/mol. The Labute approximate surface area is 162 Å². The third-order valence-electron chi connectivity index (χ3n) is 4.52. The van der Waals surface area contributed by atoms with E-state index in [1.54, 1.807) is 23.0 Å². The highest BCUT2D eigenvalue weighted by atomic mass is 35.5. The standard InChI is InChI=1S/C21H18ClN3O2/c1-2-10-27-19-9-4-3-8-16(19)17-12-20(26)24-21-18(17)13-23-25(21)15-7-5-6-14(22)11-15/h2-9,11,13,17H,1,10,12H2,(H,24,26)/t17-/m0/s1. The summed E-state index contributed by atoms with van der Waals surface area (Å²) in [5.74, 6) is 1.22. The Hall–Kier alpha value is -3.05. The quantitative estimate of drug-likeness (QED) is 0.661. The fraction of sp³-hybridized carbons (Fsp3) is 0.143. The van der Waals surface area contributed by atoms with E-state index < -0.39 is 0 Å². The first-order valence-electron chi connectivity index (χ1n) is 8.63. The summed E-state index contributed by atoms with van der Waals surface area (Å²) in [5.41, 5.74) is 2.70. The molecule has 0 spiro atoms. The molecule has 1 N–H and O–H groups in total. The van der Waals surface area contributed by atoms with Crippen LogP contribution in [0.1, 0.15) is 23.5 Å². The first-order chi connectivity index (χ1) is 13.2. The molecule has 0 fully saturated rings. The van der Waals surface area contributed by atoms with Crippen molar-refractivity contribution < 1.29 is 9.53 Å². The first-order valence-corrected chi connectivity index (χ1v) is 9.01. The molecule has 1 aliphatic rings. The Balaban J connectivity index is 1.79. The van der Waals surface area contributed by atoms with Gasteiger partial charge in [0.05, 0.1) is 11.9 Å².